The second-order valence-corrected chi connectivity index (χ2v) is 18.1. The molecule has 0 aromatic heterocycles. The van der Waals surface area contributed by atoms with Gasteiger partial charge in [-0.1, -0.05) is 52.0 Å². The summed E-state index contributed by atoms with van der Waals surface area (Å²) >= 11 is 0. The lowest BCUT2D eigenvalue weighted by molar-refractivity contribution is -0.158. The molecule has 7 aliphatic rings. The van der Waals surface area contributed by atoms with Crippen molar-refractivity contribution in [2.75, 3.05) is 26.4 Å². The first-order valence-corrected chi connectivity index (χ1v) is 20.9. The summed E-state index contributed by atoms with van der Waals surface area (Å²) in [5, 5.41) is 0. The Hall–Kier alpha value is -2.19. The van der Waals surface area contributed by atoms with Crippen molar-refractivity contribution in [3.05, 3.63) is 24.3 Å². The molecule has 0 aromatic rings. The third-order valence-corrected chi connectivity index (χ3v) is 14.1. The van der Waals surface area contributed by atoms with Crippen LogP contribution in [0, 0.1) is 64.1 Å². The zero-order valence-electron chi connectivity index (χ0n) is 33.6. The lowest BCUT2D eigenvalue weighted by Crippen LogP contribution is -2.33. The molecule has 0 aromatic carbocycles. The van der Waals surface area contributed by atoms with Crippen LogP contribution >= 0.6 is 0 Å². The number of rotatable bonds is 13. The van der Waals surface area contributed by atoms with Crippen molar-refractivity contribution in [3.8, 4) is 0 Å². The summed E-state index contributed by atoms with van der Waals surface area (Å²) in [7, 11) is 0. The highest BCUT2D eigenvalue weighted by Gasteiger charge is 2.54. The lowest BCUT2D eigenvalue weighted by Gasteiger charge is -2.31. The van der Waals surface area contributed by atoms with Crippen LogP contribution in [0.15, 0.2) is 24.3 Å². The highest BCUT2D eigenvalue weighted by atomic mass is 16.6. The van der Waals surface area contributed by atoms with Crippen LogP contribution < -0.4 is 0 Å². The summed E-state index contributed by atoms with van der Waals surface area (Å²) in [6.07, 6.45) is 22.3. The van der Waals surface area contributed by atoms with Gasteiger partial charge >= 0.3 is 17.9 Å². The van der Waals surface area contributed by atoms with Crippen molar-refractivity contribution >= 4 is 17.9 Å². The highest BCUT2D eigenvalue weighted by Crippen LogP contribution is 2.58. The van der Waals surface area contributed by atoms with Gasteiger partial charge in [0.2, 0.25) is 0 Å². The normalized spacial score (nSPS) is 35.3. The number of carbonyl (C=O) groups is 3. The van der Waals surface area contributed by atoms with Gasteiger partial charge in [-0.25, -0.2) is 0 Å². The molecule has 52 heavy (non-hydrogen) atoms. The highest BCUT2D eigenvalue weighted by molar-refractivity contribution is 5.76. The van der Waals surface area contributed by atoms with E-state index in [0.29, 0.717) is 37.8 Å². The Kier molecular flexibility index (Phi) is 14.2. The average molecular weight is 727 g/mol. The predicted octanol–water partition coefficient (Wildman–Crippen LogP) is 8.90. The summed E-state index contributed by atoms with van der Waals surface area (Å²) in [6.45, 7) is 17.8. The van der Waals surface area contributed by atoms with Gasteiger partial charge < -0.3 is 23.7 Å². The van der Waals surface area contributed by atoms with Crippen LogP contribution in [0.3, 0.4) is 0 Å². The molecular weight excluding hydrogens is 656 g/mol. The van der Waals surface area contributed by atoms with Gasteiger partial charge in [0.1, 0.15) is 19.3 Å². The van der Waals surface area contributed by atoms with Crippen molar-refractivity contribution in [1.82, 2.24) is 0 Å². The zero-order chi connectivity index (χ0) is 37.6. The Labute approximate surface area is 314 Å². The summed E-state index contributed by atoms with van der Waals surface area (Å²) in [5.74, 6) is 6.11. The number of fused-ring (bicyclic) bond motifs is 10. The molecule has 1 aliphatic heterocycles. The Bertz CT molecular complexity index is 1260. The number of esters is 3. The second kappa shape index (κ2) is 18.0. The molecule has 0 amide bonds. The number of hydrogen-bond acceptors (Lipinski definition) is 8. The van der Waals surface area contributed by atoms with E-state index in [4.69, 9.17) is 23.7 Å². The molecular formula is C44H70O8. The molecule has 5 fully saturated rings. The van der Waals surface area contributed by atoms with Crippen LogP contribution in [0.25, 0.3) is 0 Å². The molecule has 294 valence electrons. The maximum Gasteiger partial charge on any atom is 0.311 e. The maximum atomic E-state index is 11.9. The second-order valence-electron chi connectivity index (χ2n) is 18.1. The van der Waals surface area contributed by atoms with E-state index in [-0.39, 0.29) is 46.9 Å². The molecule has 0 radical (unpaired) electrons. The van der Waals surface area contributed by atoms with Gasteiger partial charge in [0, 0.05) is 6.61 Å². The molecule has 4 saturated carbocycles. The van der Waals surface area contributed by atoms with Gasteiger partial charge in [0.15, 0.2) is 0 Å². The fourth-order valence-electron chi connectivity index (χ4n) is 9.70. The smallest absolute Gasteiger partial charge is 0.311 e. The summed E-state index contributed by atoms with van der Waals surface area (Å²) in [5.41, 5.74) is -0.743. The largest absolute Gasteiger partial charge is 0.463 e. The van der Waals surface area contributed by atoms with E-state index in [9.17, 15) is 14.4 Å². The Morgan fingerprint density at radius 1 is 0.750 bits per heavy atom. The summed E-state index contributed by atoms with van der Waals surface area (Å²) < 4.78 is 27.7. The topological polar surface area (TPSA) is 97.4 Å². The van der Waals surface area contributed by atoms with Crippen LogP contribution in [0.1, 0.15) is 126 Å². The van der Waals surface area contributed by atoms with E-state index in [1.165, 1.54) is 32.1 Å². The summed E-state index contributed by atoms with van der Waals surface area (Å²) in [4.78, 5) is 35.3. The van der Waals surface area contributed by atoms with Crippen LogP contribution in [-0.2, 0) is 38.1 Å². The first-order chi connectivity index (χ1) is 24.8. The van der Waals surface area contributed by atoms with E-state index in [2.05, 4.69) is 24.3 Å². The van der Waals surface area contributed by atoms with Gasteiger partial charge in [0.05, 0.1) is 35.6 Å². The third kappa shape index (κ3) is 9.54. The van der Waals surface area contributed by atoms with Crippen molar-refractivity contribution in [2.24, 2.45) is 64.1 Å². The van der Waals surface area contributed by atoms with Crippen molar-refractivity contribution in [2.45, 2.75) is 144 Å². The Morgan fingerprint density at radius 3 is 2.04 bits per heavy atom. The number of allylic oxidation sites excluding steroid dienone is 4. The standard InChI is InChI=1S/C18H28O3.C15H22O2.C11H20O3/c1-4-18(2,3)17(19)21-9-8-20-16-11-12-10-15(16)14-7-5-6-13(12)14;1-3-9(2)15(16)17-14-8-10-7-13(14)12-6-4-5-11(10)12;1-4-11(2,3)10(12)14-8-9-6-5-7-13-9/h5,7,12-16H,4,6,8-11H2,1-3H3;4-5,9-14H,3,6-8H2,1-2H3;9H,4-8H2,1-3H3. The molecule has 8 heteroatoms. The van der Waals surface area contributed by atoms with E-state index in [1.807, 2.05) is 55.4 Å². The van der Waals surface area contributed by atoms with Gasteiger partial charge in [-0.15, -0.1) is 0 Å². The first kappa shape index (κ1) is 41.0. The molecule has 0 N–H and O–H groups in total. The molecule has 7 rings (SSSR count). The van der Waals surface area contributed by atoms with Crippen LogP contribution in [0.5, 0.6) is 0 Å². The minimum absolute atomic E-state index is 0.0209. The van der Waals surface area contributed by atoms with E-state index in [1.54, 1.807) is 0 Å². The Morgan fingerprint density at radius 2 is 1.38 bits per heavy atom. The maximum absolute atomic E-state index is 11.9. The van der Waals surface area contributed by atoms with Gasteiger partial charge in [-0.2, -0.15) is 0 Å². The molecule has 4 bridgehead atoms. The molecule has 8 nitrogen and oxygen atoms in total. The quantitative estimate of drug-likeness (QED) is 0.0804. The molecule has 1 heterocycles. The molecule has 0 spiro atoms. The zero-order valence-corrected chi connectivity index (χ0v) is 33.6. The first-order valence-electron chi connectivity index (χ1n) is 20.9. The van der Waals surface area contributed by atoms with Crippen LogP contribution in [0.2, 0.25) is 0 Å². The van der Waals surface area contributed by atoms with Crippen molar-refractivity contribution in [1.29, 1.82) is 0 Å². The summed E-state index contributed by atoms with van der Waals surface area (Å²) in [6, 6.07) is 0. The van der Waals surface area contributed by atoms with Gasteiger partial charge in [-0.3, -0.25) is 14.4 Å². The SMILES string of the molecule is CCC(C)(C)C(=O)OCC1CCCO1.CCC(C)(C)C(=O)OCCOC1CC2CC1C1C=CCC21.CCC(C)C(=O)OC1CC2CC1C1CC=CC21. The fourth-order valence-corrected chi connectivity index (χ4v) is 9.70. The minimum Gasteiger partial charge on any atom is -0.463 e. The molecule has 1 saturated heterocycles. The van der Waals surface area contributed by atoms with Gasteiger partial charge in [-0.05, 0) is 146 Å². The van der Waals surface area contributed by atoms with Crippen LogP contribution in [0.4, 0.5) is 0 Å². The third-order valence-electron chi connectivity index (χ3n) is 14.1. The molecule has 6 aliphatic carbocycles. The number of ether oxygens (including phenoxy) is 5. The fraction of sp³-hybridized carbons (Fsp3) is 0.841. The van der Waals surface area contributed by atoms with Crippen molar-refractivity contribution in [3.63, 3.8) is 0 Å². The molecule has 12 unspecified atom stereocenters. The number of carbonyl (C=O) groups excluding carboxylic acids is 3. The number of hydrogen-bond donors (Lipinski definition) is 0. The van der Waals surface area contributed by atoms with E-state index < -0.39 is 0 Å². The molecule has 12 atom stereocenters. The lowest BCUT2D eigenvalue weighted by atomic mass is 9.80. The monoisotopic (exact) mass is 727 g/mol. The average Bonchev–Trinajstić information content (AvgIpc) is 3.98. The van der Waals surface area contributed by atoms with Crippen molar-refractivity contribution < 1.29 is 38.1 Å². The minimum atomic E-state index is -0.381. The van der Waals surface area contributed by atoms with Gasteiger partial charge in [0.25, 0.3) is 0 Å². The predicted molar refractivity (Wildman–Crippen MR) is 202 cm³/mol. The van der Waals surface area contributed by atoms with Crippen LogP contribution in [-0.4, -0.2) is 62.6 Å². The van der Waals surface area contributed by atoms with E-state index >= 15 is 0 Å². The Balaban J connectivity index is 0.000000154. The van der Waals surface area contributed by atoms with E-state index in [0.717, 1.165) is 80.6 Å².